The summed E-state index contributed by atoms with van der Waals surface area (Å²) in [5.41, 5.74) is 4.19. The molecule has 2 aromatic carbocycles. The highest BCUT2D eigenvalue weighted by Crippen LogP contribution is 2.35. The van der Waals surface area contributed by atoms with Gasteiger partial charge in [0.1, 0.15) is 18.2 Å². The van der Waals surface area contributed by atoms with Gasteiger partial charge in [0.25, 0.3) is 5.91 Å². The summed E-state index contributed by atoms with van der Waals surface area (Å²) in [5, 5.41) is 5.72. The molecule has 0 atom stereocenters. The number of fused-ring (bicyclic) bond motifs is 1. The Labute approximate surface area is 224 Å². The summed E-state index contributed by atoms with van der Waals surface area (Å²) in [6, 6.07) is 17.8. The zero-order chi connectivity index (χ0) is 27.4. The smallest absolute Gasteiger partial charge is 0.294 e. The maximum atomic E-state index is 12.6. The molecule has 1 amide bonds. The van der Waals surface area contributed by atoms with Crippen LogP contribution in [0, 0.1) is 0 Å². The van der Waals surface area contributed by atoms with Crippen LogP contribution in [0.2, 0.25) is 25.7 Å². The molecule has 0 N–H and O–H groups in total. The Bertz CT molecular complexity index is 1470. The predicted molar refractivity (Wildman–Crippen MR) is 152 cm³/mol. The molecule has 38 heavy (non-hydrogen) atoms. The summed E-state index contributed by atoms with van der Waals surface area (Å²) in [6.07, 6.45) is 1.76. The average molecular weight is 531 g/mol. The summed E-state index contributed by atoms with van der Waals surface area (Å²) in [4.78, 5) is 30.9. The lowest BCUT2D eigenvalue weighted by Crippen LogP contribution is -2.29. The topological polar surface area (TPSA) is 86.5 Å². The Morgan fingerprint density at radius 1 is 1.00 bits per heavy atom. The van der Waals surface area contributed by atoms with Crippen LogP contribution in [0.15, 0.2) is 60.8 Å². The first kappa shape index (κ1) is 27.2. The Morgan fingerprint density at radius 3 is 2.47 bits per heavy atom. The van der Waals surface area contributed by atoms with Crippen LogP contribution in [-0.4, -0.2) is 67.2 Å². The number of nitrogens with zero attached hydrogens (tertiary/aromatic N) is 4. The van der Waals surface area contributed by atoms with Crippen LogP contribution >= 0.6 is 0 Å². The van der Waals surface area contributed by atoms with Gasteiger partial charge in [-0.05, 0) is 35.9 Å². The highest BCUT2D eigenvalue weighted by molar-refractivity contribution is 6.76. The molecule has 8 nitrogen and oxygen atoms in total. The zero-order valence-corrected chi connectivity index (χ0v) is 23.8. The van der Waals surface area contributed by atoms with Gasteiger partial charge in [0.2, 0.25) is 5.78 Å². The van der Waals surface area contributed by atoms with Crippen LogP contribution in [0.4, 0.5) is 0 Å². The molecule has 0 aliphatic rings. The molecule has 2 heterocycles. The molecule has 4 rings (SSSR count). The van der Waals surface area contributed by atoms with E-state index in [1.165, 1.54) is 4.90 Å². The van der Waals surface area contributed by atoms with Gasteiger partial charge in [-0.1, -0.05) is 50.0 Å². The summed E-state index contributed by atoms with van der Waals surface area (Å²) in [5.74, 6) is -0.410. The van der Waals surface area contributed by atoms with E-state index in [0.717, 1.165) is 33.8 Å². The quantitative estimate of drug-likeness (QED) is 0.119. The van der Waals surface area contributed by atoms with Gasteiger partial charge in [-0.3, -0.25) is 9.59 Å². The first-order valence-electron chi connectivity index (χ1n) is 12.5. The van der Waals surface area contributed by atoms with E-state index >= 15 is 0 Å². The second-order valence-corrected chi connectivity index (χ2v) is 16.2. The first-order chi connectivity index (χ1) is 18.1. The third-order valence-electron chi connectivity index (χ3n) is 6.22. The number of methoxy groups -OCH3 is 1. The largest absolute Gasteiger partial charge is 0.496 e. The van der Waals surface area contributed by atoms with E-state index in [1.807, 2.05) is 36.4 Å². The van der Waals surface area contributed by atoms with Crippen molar-refractivity contribution in [2.24, 2.45) is 0 Å². The lowest BCUT2D eigenvalue weighted by atomic mass is 10.0. The van der Waals surface area contributed by atoms with Gasteiger partial charge >= 0.3 is 0 Å². The van der Waals surface area contributed by atoms with E-state index in [1.54, 1.807) is 50.3 Å². The van der Waals surface area contributed by atoms with Gasteiger partial charge in [0.15, 0.2) is 5.65 Å². The maximum Gasteiger partial charge on any atom is 0.294 e. The number of likely N-dealkylation sites (N-methyl/N-ethyl adjacent to an activating group) is 1. The lowest BCUT2D eigenvalue weighted by molar-refractivity contribution is -0.124. The third-order valence-corrected chi connectivity index (χ3v) is 7.92. The van der Waals surface area contributed by atoms with Crippen molar-refractivity contribution in [2.45, 2.75) is 32.4 Å². The van der Waals surface area contributed by atoms with E-state index < -0.39 is 19.8 Å². The van der Waals surface area contributed by atoms with Gasteiger partial charge in [-0.2, -0.15) is 5.10 Å². The van der Waals surface area contributed by atoms with Crippen molar-refractivity contribution in [3.8, 4) is 28.1 Å². The van der Waals surface area contributed by atoms with E-state index in [9.17, 15) is 9.59 Å². The number of ether oxygens (including phenoxy) is 2. The summed E-state index contributed by atoms with van der Waals surface area (Å²) >= 11 is 0. The van der Waals surface area contributed by atoms with E-state index in [-0.39, 0.29) is 0 Å². The zero-order valence-electron chi connectivity index (χ0n) is 22.8. The summed E-state index contributed by atoms with van der Waals surface area (Å²) < 4.78 is 13.4. The van der Waals surface area contributed by atoms with E-state index in [4.69, 9.17) is 19.6 Å². The number of Topliss-reactive ketones (excluding diaryl/α,β-unsaturated/α-hetero) is 1. The number of hydrogen-bond donors (Lipinski definition) is 0. The van der Waals surface area contributed by atoms with Gasteiger partial charge in [0, 0.05) is 57.0 Å². The SMILES string of the molecule is COc1ccccc1-c1nn(COCC[Si](C)(C)C)c2ncc(-c3cccc(C(=O)C(=O)N(C)C)c3)cc12. The number of carbonyl (C=O) groups is 2. The molecular weight excluding hydrogens is 496 g/mol. The van der Waals surface area contributed by atoms with Crippen molar-refractivity contribution < 1.29 is 19.1 Å². The second kappa shape index (κ2) is 11.3. The van der Waals surface area contributed by atoms with Crippen molar-refractivity contribution in [1.29, 1.82) is 0 Å². The minimum absolute atomic E-state index is 0.291. The average Bonchev–Trinajstić information content (AvgIpc) is 3.27. The number of rotatable bonds is 10. The fourth-order valence-corrected chi connectivity index (χ4v) is 4.80. The predicted octanol–water partition coefficient (Wildman–Crippen LogP) is 5.36. The molecule has 2 aromatic heterocycles. The molecule has 0 radical (unpaired) electrons. The van der Waals surface area contributed by atoms with Gasteiger partial charge in [-0.25, -0.2) is 9.67 Å². The molecule has 4 aromatic rings. The Balaban J connectivity index is 1.77. The van der Waals surface area contributed by atoms with Gasteiger partial charge in [0.05, 0.1) is 7.11 Å². The van der Waals surface area contributed by atoms with Crippen molar-refractivity contribution in [3.63, 3.8) is 0 Å². The van der Waals surface area contributed by atoms with E-state index in [0.29, 0.717) is 30.3 Å². The van der Waals surface area contributed by atoms with Crippen LogP contribution in [0.1, 0.15) is 10.4 Å². The maximum absolute atomic E-state index is 12.6. The summed E-state index contributed by atoms with van der Waals surface area (Å²) in [7, 11) is 3.55. The third kappa shape index (κ3) is 6.00. The number of hydrogen-bond acceptors (Lipinski definition) is 6. The van der Waals surface area contributed by atoms with Crippen molar-refractivity contribution in [3.05, 3.63) is 66.4 Å². The molecule has 0 saturated carbocycles. The highest BCUT2D eigenvalue weighted by atomic mass is 28.3. The molecule has 0 aliphatic carbocycles. The number of benzene rings is 2. The normalized spacial score (nSPS) is 11.5. The molecule has 198 valence electrons. The second-order valence-electron chi connectivity index (χ2n) is 10.6. The summed E-state index contributed by atoms with van der Waals surface area (Å²) in [6.45, 7) is 7.93. The first-order valence-corrected chi connectivity index (χ1v) is 16.2. The molecule has 0 spiro atoms. The number of aromatic nitrogens is 3. The van der Waals surface area contributed by atoms with E-state index in [2.05, 4.69) is 19.6 Å². The minimum atomic E-state index is -1.21. The van der Waals surface area contributed by atoms with Gasteiger partial charge < -0.3 is 14.4 Å². The van der Waals surface area contributed by atoms with Crippen LogP contribution in [0.3, 0.4) is 0 Å². The van der Waals surface area contributed by atoms with Gasteiger partial charge in [-0.15, -0.1) is 0 Å². The van der Waals surface area contributed by atoms with Crippen LogP contribution < -0.4 is 4.74 Å². The monoisotopic (exact) mass is 530 g/mol. The lowest BCUT2D eigenvalue weighted by Gasteiger charge is -2.15. The van der Waals surface area contributed by atoms with Crippen molar-refractivity contribution in [2.75, 3.05) is 27.8 Å². The molecule has 0 saturated heterocycles. The Kier molecular flexibility index (Phi) is 8.08. The Morgan fingerprint density at radius 2 is 1.76 bits per heavy atom. The van der Waals surface area contributed by atoms with Crippen molar-refractivity contribution >= 4 is 30.8 Å². The number of amides is 1. The minimum Gasteiger partial charge on any atom is -0.496 e. The standard InChI is InChI=1S/C29H34N4O4Si/c1-32(2)29(35)27(34)21-11-9-10-20(16-21)22-17-24-26(23-12-7-8-13-25(23)36-3)31-33(28(24)30-18-22)19-37-14-15-38(4,5)6/h7-13,16-18H,14-15,19H2,1-6H3. The number of para-hydroxylation sites is 1. The Hall–Kier alpha value is -3.82. The molecule has 0 fully saturated rings. The number of ketones is 1. The fraction of sp³-hybridized carbons (Fsp3) is 0.310. The highest BCUT2D eigenvalue weighted by Gasteiger charge is 2.21. The number of carbonyl (C=O) groups excluding carboxylic acids is 2. The van der Waals surface area contributed by atoms with Crippen molar-refractivity contribution in [1.82, 2.24) is 19.7 Å². The molecule has 0 aliphatic heterocycles. The van der Waals surface area contributed by atoms with Crippen LogP contribution in [0.25, 0.3) is 33.4 Å². The van der Waals surface area contributed by atoms with Crippen LogP contribution in [-0.2, 0) is 16.3 Å². The molecular formula is C29H34N4O4Si. The number of pyridine rings is 1. The molecule has 9 heteroatoms. The molecule has 0 bridgehead atoms. The van der Waals surface area contributed by atoms with Crippen LogP contribution in [0.5, 0.6) is 5.75 Å². The fourth-order valence-electron chi connectivity index (χ4n) is 4.04. The molecule has 0 unspecified atom stereocenters.